The number of anilines is 3. The van der Waals surface area contributed by atoms with Crippen LogP contribution in [-0.4, -0.2) is 31.5 Å². The first-order chi connectivity index (χ1) is 14.7. The van der Waals surface area contributed by atoms with Crippen LogP contribution in [0.3, 0.4) is 0 Å². The highest BCUT2D eigenvalue weighted by Gasteiger charge is 2.32. The lowest BCUT2D eigenvalue weighted by molar-refractivity contribution is -0.137. The summed E-state index contributed by atoms with van der Waals surface area (Å²) in [6.45, 7) is 2.43. The molecule has 9 heteroatoms. The van der Waals surface area contributed by atoms with E-state index in [4.69, 9.17) is 4.74 Å². The third-order valence-corrected chi connectivity index (χ3v) is 4.82. The van der Waals surface area contributed by atoms with Crippen LogP contribution in [0.4, 0.5) is 30.2 Å². The number of piperidine rings is 1. The van der Waals surface area contributed by atoms with Gasteiger partial charge < -0.3 is 20.3 Å². The summed E-state index contributed by atoms with van der Waals surface area (Å²) in [5.41, 5.74) is 0.356. The monoisotopic (exact) mass is 435 g/mol. The first kappa shape index (κ1) is 22.5. The quantitative estimate of drug-likeness (QED) is 0.692. The third kappa shape index (κ3) is 6.37. The second kappa shape index (κ2) is 9.72. The van der Waals surface area contributed by atoms with Crippen molar-refractivity contribution in [2.75, 3.05) is 35.2 Å². The normalized spacial score (nSPS) is 14.1. The molecule has 2 aromatic rings. The van der Waals surface area contributed by atoms with Crippen molar-refractivity contribution in [3.05, 3.63) is 48.0 Å². The van der Waals surface area contributed by atoms with Crippen LogP contribution in [0, 0.1) is 0 Å². The summed E-state index contributed by atoms with van der Waals surface area (Å²) in [5, 5.41) is 5.17. The highest BCUT2D eigenvalue weighted by molar-refractivity contribution is 5.95. The lowest BCUT2D eigenvalue weighted by Gasteiger charge is -2.31. The molecule has 0 spiro atoms. The number of hydrogen-bond donors (Lipinski definition) is 2. The Morgan fingerprint density at radius 1 is 1.03 bits per heavy atom. The van der Waals surface area contributed by atoms with Crippen LogP contribution in [0.1, 0.15) is 31.7 Å². The number of carbonyl (C=O) groups excluding carboxylic acids is 2. The van der Waals surface area contributed by atoms with E-state index in [0.29, 0.717) is 17.1 Å². The zero-order valence-corrected chi connectivity index (χ0v) is 17.1. The van der Waals surface area contributed by atoms with Crippen LogP contribution in [0.25, 0.3) is 0 Å². The Morgan fingerprint density at radius 3 is 2.45 bits per heavy atom. The van der Waals surface area contributed by atoms with E-state index in [1.54, 1.807) is 24.3 Å². The molecule has 0 radical (unpaired) electrons. The van der Waals surface area contributed by atoms with Gasteiger partial charge in [-0.25, -0.2) is 0 Å². The Bertz CT molecular complexity index is 941. The standard InChI is InChI=1S/C22H24F3N3O3/c1-15(29)26-17-6-5-7-18(13-17)31-14-21(30)27-19-12-16(22(23,24)25)8-9-20(19)28-10-3-2-4-11-28/h5-9,12-13H,2-4,10-11,14H2,1H3,(H,26,29)(H,27,30). The molecular weight excluding hydrogens is 411 g/mol. The molecule has 0 atom stereocenters. The Morgan fingerprint density at radius 2 is 1.77 bits per heavy atom. The van der Waals surface area contributed by atoms with Gasteiger partial charge in [0.25, 0.3) is 5.91 Å². The van der Waals surface area contributed by atoms with E-state index in [0.717, 1.165) is 44.5 Å². The first-order valence-electron chi connectivity index (χ1n) is 9.99. The van der Waals surface area contributed by atoms with Gasteiger partial charge in [-0.2, -0.15) is 13.2 Å². The van der Waals surface area contributed by atoms with Gasteiger partial charge in [0.1, 0.15) is 5.75 Å². The van der Waals surface area contributed by atoms with Gasteiger partial charge in [-0.15, -0.1) is 0 Å². The van der Waals surface area contributed by atoms with Gasteiger partial charge >= 0.3 is 6.18 Å². The molecule has 3 rings (SSSR count). The van der Waals surface area contributed by atoms with E-state index >= 15 is 0 Å². The lowest BCUT2D eigenvalue weighted by atomic mass is 10.1. The molecule has 31 heavy (non-hydrogen) atoms. The molecule has 1 fully saturated rings. The summed E-state index contributed by atoms with van der Waals surface area (Å²) < 4.78 is 45.0. The van der Waals surface area contributed by atoms with Crippen molar-refractivity contribution >= 4 is 28.9 Å². The van der Waals surface area contributed by atoms with Crippen LogP contribution in [0.2, 0.25) is 0 Å². The molecule has 2 aromatic carbocycles. The molecule has 166 valence electrons. The van der Waals surface area contributed by atoms with Crippen molar-refractivity contribution in [3.8, 4) is 5.75 Å². The Hall–Kier alpha value is -3.23. The molecule has 2 N–H and O–H groups in total. The average Bonchev–Trinajstić information content (AvgIpc) is 2.72. The maximum Gasteiger partial charge on any atom is 0.416 e. The van der Waals surface area contributed by atoms with Crippen LogP contribution in [-0.2, 0) is 15.8 Å². The Kier molecular flexibility index (Phi) is 7.04. The molecule has 0 bridgehead atoms. The SMILES string of the molecule is CC(=O)Nc1cccc(OCC(=O)Nc2cc(C(F)(F)F)ccc2N2CCCCC2)c1. The summed E-state index contributed by atoms with van der Waals surface area (Å²) in [5.74, 6) is -0.478. The molecule has 0 unspecified atom stereocenters. The predicted molar refractivity (Wildman–Crippen MR) is 112 cm³/mol. The maximum absolute atomic E-state index is 13.2. The fourth-order valence-electron chi connectivity index (χ4n) is 3.43. The minimum absolute atomic E-state index is 0.109. The average molecular weight is 435 g/mol. The summed E-state index contributed by atoms with van der Waals surface area (Å²) >= 11 is 0. The van der Waals surface area contributed by atoms with Crippen molar-refractivity contribution in [1.82, 2.24) is 0 Å². The number of benzene rings is 2. The number of nitrogens with one attached hydrogen (secondary N) is 2. The predicted octanol–water partition coefficient (Wildman–Crippen LogP) is 4.67. The number of rotatable bonds is 6. The molecule has 0 aromatic heterocycles. The first-order valence-corrected chi connectivity index (χ1v) is 9.99. The number of hydrogen-bond acceptors (Lipinski definition) is 4. The molecule has 1 aliphatic heterocycles. The summed E-state index contributed by atoms with van der Waals surface area (Å²) in [6, 6.07) is 9.88. The van der Waals surface area contributed by atoms with Crippen LogP contribution in [0.5, 0.6) is 5.75 Å². The number of alkyl halides is 3. The molecule has 6 nitrogen and oxygen atoms in total. The van der Waals surface area contributed by atoms with E-state index in [1.807, 2.05) is 4.90 Å². The van der Waals surface area contributed by atoms with Crippen LogP contribution in [0.15, 0.2) is 42.5 Å². The van der Waals surface area contributed by atoms with Crippen molar-refractivity contribution in [3.63, 3.8) is 0 Å². The molecule has 1 aliphatic rings. The van der Waals surface area contributed by atoms with Gasteiger partial charge in [0.2, 0.25) is 5.91 Å². The van der Waals surface area contributed by atoms with E-state index in [9.17, 15) is 22.8 Å². The number of ether oxygens (including phenoxy) is 1. The van der Waals surface area contributed by atoms with Crippen molar-refractivity contribution in [1.29, 1.82) is 0 Å². The van der Waals surface area contributed by atoms with Gasteiger partial charge in [0, 0.05) is 31.8 Å². The highest BCUT2D eigenvalue weighted by atomic mass is 19.4. The number of halogens is 3. The molecule has 0 aliphatic carbocycles. The van der Waals surface area contributed by atoms with Crippen molar-refractivity contribution < 1.29 is 27.5 Å². The third-order valence-electron chi connectivity index (χ3n) is 4.82. The Labute approximate surface area is 178 Å². The van der Waals surface area contributed by atoms with Gasteiger partial charge in [0.15, 0.2) is 6.61 Å². The van der Waals surface area contributed by atoms with Crippen molar-refractivity contribution in [2.45, 2.75) is 32.4 Å². The molecule has 2 amide bonds. The minimum atomic E-state index is -4.51. The summed E-state index contributed by atoms with van der Waals surface area (Å²) in [6.07, 6.45) is -1.55. The minimum Gasteiger partial charge on any atom is -0.484 e. The zero-order valence-electron chi connectivity index (χ0n) is 17.1. The largest absolute Gasteiger partial charge is 0.484 e. The van der Waals surface area contributed by atoms with Gasteiger partial charge in [0.05, 0.1) is 16.9 Å². The molecule has 1 heterocycles. The second-order valence-corrected chi connectivity index (χ2v) is 7.32. The van der Waals surface area contributed by atoms with Crippen LogP contribution >= 0.6 is 0 Å². The number of nitrogens with zero attached hydrogens (tertiary/aromatic N) is 1. The van der Waals surface area contributed by atoms with Crippen molar-refractivity contribution in [2.24, 2.45) is 0 Å². The maximum atomic E-state index is 13.2. The second-order valence-electron chi connectivity index (χ2n) is 7.32. The smallest absolute Gasteiger partial charge is 0.416 e. The van der Waals surface area contributed by atoms with Gasteiger partial charge in [-0.3, -0.25) is 9.59 Å². The molecular formula is C22H24F3N3O3. The van der Waals surface area contributed by atoms with Gasteiger partial charge in [-0.05, 0) is 49.6 Å². The van der Waals surface area contributed by atoms with E-state index in [2.05, 4.69) is 10.6 Å². The summed E-state index contributed by atoms with van der Waals surface area (Å²) in [4.78, 5) is 25.6. The number of amides is 2. The van der Waals surface area contributed by atoms with Crippen LogP contribution < -0.4 is 20.3 Å². The van der Waals surface area contributed by atoms with E-state index in [-0.39, 0.29) is 18.2 Å². The highest BCUT2D eigenvalue weighted by Crippen LogP contribution is 2.36. The van der Waals surface area contributed by atoms with E-state index < -0.39 is 17.6 Å². The topological polar surface area (TPSA) is 70.7 Å². The summed E-state index contributed by atoms with van der Waals surface area (Å²) in [7, 11) is 0. The Balaban J connectivity index is 1.72. The fourth-order valence-corrected chi connectivity index (χ4v) is 3.43. The fraction of sp³-hybridized carbons (Fsp3) is 0.364. The molecule has 1 saturated heterocycles. The number of carbonyl (C=O) groups is 2. The lowest BCUT2D eigenvalue weighted by Crippen LogP contribution is -2.31. The van der Waals surface area contributed by atoms with E-state index in [1.165, 1.54) is 13.0 Å². The molecule has 0 saturated carbocycles. The van der Waals surface area contributed by atoms with Gasteiger partial charge in [-0.1, -0.05) is 6.07 Å². The zero-order chi connectivity index (χ0) is 22.4.